The predicted octanol–water partition coefficient (Wildman–Crippen LogP) is 11.1. The molecule has 0 heterocycles. The molecule has 0 radical (unpaired) electrons. The van der Waals surface area contributed by atoms with Gasteiger partial charge in [-0.05, 0) is 110 Å². The van der Waals surface area contributed by atoms with Gasteiger partial charge in [0.15, 0.2) is 11.5 Å². The average molecular weight is 707 g/mol. The van der Waals surface area contributed by atoms with E-state index in [1.165, 1.54) is 11.1 Å². The van der Waals surface area contributed by atoms with Crippen LogP contribution >= 0.6 is 41.2 Å². The van der Waals surface area contributed by atoms with Crippen molar-refractivity contribution in [2.24, 2.45) is 0 Å². The summed E-state index contributed by atoms with van der Waals surface area (Å²) in [5.41, 5.74) is 4.66. The molecule has 0 aliphatic heterocycles. The molecule has 254 valence electrons. The molecular formula is C36H50O6S4. The zero-order valence-electron chi connectivity index (χ0n) is 28.2. The number of ether oxygens (including phenoxy) is 6. The number of hydrogen-bond acceptors (Lipinski definition) is 10. The van der Waals surface area contributed by atoms with Gasteiger partial charge in [-0.25, -0.2) is 0 Å². The van der Waals surface area contributed by atoms with Crippen molar-refractivity contribution in [2.45, 2.75) is 79.1 Å². The molecule has 0 aromatic heterocycles. The molecule has 4 rings (SSSR count). The Morgan fingerprint density at radius 3 is 1.26 bits per heavy atom. The summed E-state index contributed by atoms with van der Waals surface area (Å²) < 4.78 is 36.6. The largest absolute Gasteiger partial charge is 0.494 e. The monoisotopic (exact) mass is 706 g/mol. The van der Waals surface area contributed by atoms with E-state index >= 15 is 0 Å². The van der Waals surface area contributed by atoms with Crippen LogP contribution in [0.25, 0.3) is 11.5 Å². The van der Waals surface area contributed by atoms with Crippen molar-refractivity contribution in [3.63, 3.8) is 0 Å². The lowest BCUT2D eigenvalue weighted by Crippen LogP contribution is -2.04. The Balaban J connectivity index is 1.23. The molecule has 10 heteroatoms. The van der Waals surface area contributed by atoms with Crippen LogP contribution in [0.2, 0.25) is 0 Å². The third-order valence-electron chi connectivity index (χ3n) is 7.74. The van der Waals surface area contributed by atoms with E-state index in [1.807, 2.05) is 94.9 Å². The fourth-order valence-corrected chi connectivity index (χ4v) is 12.3. The molecule has 2 aromatic rings. The van der Waals surface area contributed by atoms with Crippen LogP contribution in [0.1, 0.15) is 101 Å². The van der Waals surface area contributed by atoms with E-state index in [9.17, 15) is 0 Å². The van der Waals surface area contributed by atoms with Crippen LogP contribution in [-0.2, 0) is 18.9 Å². The second-order valence-electron chi connectivity index (χ2n) is 10.6. The fourth-order valence-electron chi connectivity index (χ4n) is 6.15. The number of fused-ring (bicyclic) bond motifs is 2. The lowest BCUT2D eigenvalue weighted by atomic mass is 9.95. The molecule has 0 saturated heterocycles. The summed E-state index contributed by atoms with van der Waals surface area (Å²) in [4.78, 5) is 0. The number of benzene rings is 2. The topological polar surface area (TPSA) is 55.4 Å². The van der Waals surface area contributed by atoms with Crippen LogP contribution in [0.3, 0.4) is 0 Å². The standard InChI is InChI=1S/C36H50O6S4/c1-7-37-29-21-13-17-25-27(33(39-9-3)35(31(25)29)41-11-5)19-15-23-43-45-46-44-24-16-20-28-26-18-14-22-30(38-8-2)32(26)36(42-12-6)34(28)40-10-4/h13-14,17-18,21-22,27-28H,7-12,15-16,19-20,23-24H2,1-6H3. The second-order valence-corrected chi connectivity index (χ2v) is 16.8. The summed E-state index contributed by atoms with van der Waals surface area (Å²) >= 11 is 0. The van der Waals surface area contributed by atoms with E-state index < -0.39 is 0 Å². The fraction of sp³-hybridized carbons (Fsp3) is 0.556. The molecule has 2 aliphatic carbocycles. The molecule has 0 bridgehead atoms. The highest BCUT2D eigenvalue weighted by atomic mass is 33.7. The van der Waals surface area contributed by atoms with Gasteiger partial charge in [-0.15, -0.1) is 0 Å². The Bertz CT molecular complexity index is 1210. The van der Waals surface area contributed by atoms with E-state index in [0.717, 1.165) is 82.9 Å². The first kappa shape index (κ1) is 36.9. The van der Waals surface area contributed by atoms with Gasteiger partial charge in [0.25, 0.3) is 0 Å². The second kappa shape index (κ2) is 19.8. The van der Waals surface area contributed by atoms with Crippen molar-refractivity contribution in [3.8, 4) is 11.5 Å². The van der Waals surface area contributed by atoms with E-state index in [2.05, 4.69) is 24.3 Å². The van der Waals surface area contributed by atoms with Crippen LogP contribution in [-0.4, -0.2) is 51.1 Å². The molecule has 0 saturated carbocycles. The van der Waals surface area contributed by atoms with E-state index in [1.54, 1.807) is 0 Å². The summed E-state index contributed by atoms with van der Waals surface area (Å²) in [5.74, 6) is 7.98. The first-order chi connectivity index (χ1) is 22.6. The summed E-state index contributed by atoms with van der Waals surface area (Å²) in [5, 5.41) is 0. The Hall–Kier alpha value is -1.88. The number of allylic oxidation sites excluding steroid dienone is 2. The minimum atomic E-state index is 0.203. The van der Waals surface area contributed by atoms with Crippen molar-refractivity contribution in [2.75, 3.05) is 51.1 Å². The molecule has 0 fully saturated rings. The van der Waals surface area contributed by atoms with E-state index in [4.69, 9.17) is 28.4 Å². The third-order valence-corrected chi connectivity index (χ3v) is 14.4. The minimum Gasteiger partial charge on any atom is -0.494 e. The quantitative estimate of drug-likeness (QED) is 0.0824. The first-order valence-corrected chi connectivity index (χ1v) is 21.9. The Labute approximate surface area is 291 Å². The van der Waals surface area contributed by atoms with Gasteiger partial charge in [0.05, 0.1) is 50.8 Å². The number of hydrogen-bond donors (Lipinski definition) is 0. The lowest BCUT2D eigenvalue weighted by Gasteiger charge is -2.17. The van der Waals surface area contributed by atoms with Gasteiger partial charge in [-0.1, -0.05) is 45.9 Å². The first-order valence-electron chi connectivity index (χ1n) is 16.7. The molecule has 0 amide bonds. The highest BCUT2D eigenvalue weighted by Gasteiger charge is 2.37. The minimum absolute atomic E-state index is 0.203. The molecule has 0 spiro atoms. The molecule has 2 unspecified atom stereocenters. The maximum absolute atomic E-state index is 6.20. The van der Waals surface area contributed by atoms with Crippen LogP contribution < -0.4 is 9.47 Å². The van der Waals surface area contributed by atoms with Gasteiger partial charge in [0, 0.05) is 23.3 Å². The van der Waals surface area contributed by atoms with E-state index in [0.29, 0.717) is 39.6 Å². The van der Waals surface area contributed by atoms with Crippen molar-refractivity contribution in [1.82, 2.24) is 0 Å². The molecular weight excluding hydrogens is 657 g/mol. The van der Waals surface area contributed by atoms with Gasteiger partial charge in [0.2, 0.25) is 0 Å². The summed E-state index contributed by atoms with van der Waals surface area (Å²) in [6, 6.07) is 12.6. The zero-order valence-corrected chi connectivity index (χ0v) is 31.5. The smallest absolute Gasteiger partial charge is 0.168 e. The summed E-state index contributed by atoms with van der Waals surface area (Å²) in [6.07, 6.45) is 4.24. The van der Waals surface area contributed by atoms with Crippen LogP contribution in [0.5, 0.6) is 11.5 Å². The predicted molar refractivity (Wildman–Crippen MR) is 200 cm³/mol. The maximum atomic E-state index is 6.20. The Morgan fingerprint density at radius 1 is 0.500 bits per heavy atom. The van der Waals surface area contributed by atoms with Gasteiger partial charge >= 0.3 is 0 Å². The molecule has 6 nitrogen and oxygen atoms in total. The van der Waals surface area contributed by atoms with Crippen LogP contribution in [0.15, 0.2) is 47.9 Å². The van der Waals surface area contributed by atoms with Crippen molar-refractivity contribution >= 4 is 52.8 Å². The number of rotatable bonds is 23. The molecule has 2 aliphatic rings. The average Bonchev–Trinajstić information content (AvgIpc) is 3.51. The SMILES string of the molecule is CCOC1=C(OCC)C(CCCSSSSCCCC2C(OCC)=C(OCC)c3c(OCC)cccc32)c2cccc(OCC)c21. The third kappa shape index (κ3) is 8.97. The lowest BCUT2D eigenvalue weighted by molar-refractivity contribution is 0.191. The van der Waals surface area contributed by atoms with Crippen molar-refractivity contribution in [1.29, 1.82) is 0 Å². The maximum Gasteiger partial charge on any atom is 0.168 e. The van der Waals surface area contributed by atoms with Crippen LogP contribution in [0.4, 0.5) is 0 Å². The van der Waals surface area contributed by atoms with Crippen molar-refractivity contribution in [3.05, 3.63) is 70.2 Å². The van der Waals surface area contributed by atoms with Gasteiger partial charge in [-0.3, -0.25) is 0 Å². The zero-order chi connectivity index (χ0) is 32.7. The van der Waals surface area contributed by atoms with Crippen LogP contribution in [0, 0.1) is 0 Å². The Morgan fingerprint density at radius 2 is 0.891 bits per heavy atom. The van der Waals surface area contributed by atoms with Gasteiger partial charge in [-0.2, -0.15) is 0 Å². The van der Waals surface area contributed by atoms with Crippen molar-refractivity contribution < 1.29 is 28.4 Å². The normalized spacial score (nSPS) is 16.8. The van der Waals surface area contributed by atoms with Gasteiger partial charge < -0.3 is 28.4 Å². The van der Waals surface area contributed by atoms with E-state index in [-0.39, 0.29) is 11.8 Å². The summed E-state index contributed by atoms with van der Waals surface area (Å²) in [7, 11) is 7.64. The molecule has 2 atom stereocenters. The molecule has 2 aromatic carbocycles. The highest BCUT2D eigenvalue weighted by Crippen LogP contribution is 2.51. The van der Waals surface area contributed by atoms with Gasteiger partial charge in [0.1, 0.15) is 23.0 Å². The highest BCUT2D eigenvalue weighted by molar-refractivity contribution is 9.26. The Kier molecular flexibility index (Phi) is 15.9. The summed E-state index contributed by atoms with van der Waals surface area (Å²) in [6.45, 7) is 15.9. The molecule has 46 heavy (non-hydrogen) atoms. The molecule has 0 N–H and O–H groups in total.